The first-order chi connectivity index (χ1) is 10.8. The predicted molar refractivity (Wildman–Crippen MR) is 83.9 cm³/mol. The van der Waals surface area contributed by atoms with E-state index >= 15 is 0 Å². The van der Waals surface area contributed by atoms with Crippen LogP contribution in [0, 0.1) is 0 Å². The molecule has 2 rings (SSSR count). The lowest BCUT2D eigenvalue weighted by atomic mass is 10.2. The monoisotopic (exact) mass is 301 g/mol. The molecule has 5 heteroatoms. The highest BCUT2D eigenvalue weighted by Gasteiger charge is 2.05. The number of para-hydroxylation sites is 1. The topological polar surface area (TPSA) is 70.8 Å². The van der Waals surface area contributed by atoms with Crippen LogP contribution in [0.25, 0.3) is 0 Å². The van der Waals surface area contributed by atoms with Crippen LogP contribution >= 0.6 is 0 Å². The van der Waals surface area contributed by atoms with Gasteiger partial charge in [-0.25, -0.2) is 4.79 Å². The number of rotatable bonds is 8. The van der Waals surface area contributed by atoms with Crippen LogP contribution in [0.15, 0.2) is 54.6 Å². The Morgan fingerprint density at radius 1 is 0.864 bits per heavy atom. The smallest absolute Gasteiger partial charge is 0.338 e. The molecule has 2 N–H and O–H groups in total. The van der Waals surface area contributed by atoms with Gasteiger partial charge in [0.05, 0.1) is 18.8 Å². The van der Waals surface area contributed by atoms with Gasteiger partial charge >= 0.3 is 5.97 Å². The highest BCUT2D eigenvalue weighted by Crippen LogP contribution is 2.08. The Morgan fingerprint density at radius 2 is 1.55 bits per heavy atom. The molecule has 2 aromatic carbocycles. The molecule has 0 atom stereocenters. The van der Waals surface area contributed by atoms with E-state index in [0.29, 0.717) is 31.1 Å². The van der Waals surface area contributed by atoms with E-state index < -0.39 is 0 Å². The van der Waals surface area contributed by atoms with Crippen molar-refractivity contribution in [1.29, 1.82) is 0 Å². The molecule has 22 heavy (non-hydrogen) atoms. The van der Waals surface area contributed by atoms with Gasteiger partial charge in [-0.3, -0.25) is 0 Å². The van der Waals surface area contributed by atoms with Gasteiger partial charge in [0.1, 0.15) is 19.0 Å². The van der Waals surface area contributed by atoms with E-state index in [1.807, 2.05) is 30.3 Å². The largest absolute Gasteiger partial charge is 0.491 e. The van der Waals surface area contributed by atoms with Gasteiger partial charge in [-0.15, -0.1) is 0 Å². The summed E-state index contributed by atoms with van der Waals surface area (Å²) in [5, 5.41) is 0. The average Bonchev–Trinajstić information content (AvgIpc) is 2.55. The van der Waals surface area contributed by atoms with E-state index in [2.05, 4.69) is 0 Å². The van der Waals surface area contributed by atoms with Crippen LogP contribution in [-0.4, -0.2) is 32.4 Å². The Hall–Kier alpha value is -2.53. The number of carbonyl (C=O) groups is 1. The summed E-state index contributed by atoms with van der Waals surface area (Å²) in [7, 11) is 0. The summed E-state index contributed by atoms with van der Waals surface area (Å²) in [5.41, 5.74) is 6.64. The SMILES string of the molecule is Nc1ccc(C(=O)OCCOCCOc2ccccc2)cc1. The zero-order valence-corrected chi connectivity index (χ0v) is 12.2. The zero-order valence-electron chi connectivity index (χ0n) is 12.2. The number of esters is 1. The first-order valence-electron chi connectivity index (χ1n) is 7.04. The molecule has 0 aliphatic carbocycles. The number of hydrogen-bond donors (Lipinski definition) is 1. The molecule has 0 saturated carbocycles. The molecule has 0 heterocycles. The van der Waals surface area contributed by atoms with Crippen molar-refractivity contribution >= 4 is 11.7 Å². The number of carbonyl (C=O) groups excluding carboxylic acids is 1. The van der Waals surface area contributed by atoms with Gasteiger partial charge in [0.25, 0.3) is 0 Å². The fourth-order valence-corrected chi connectivity index (χ4v) is 1.73. The Kier molecular flexibility index (Phi) is 6.26. The molecule has 5 nitrogen and oxygen atoms in total. The Balaban J connectivity index is 1.54. The first kappa shape index (κ1) is 15.9. The van der Waals surface area contributed by atoms with Gasteiger partial charge in [-0.1, -0.05) is 18.2 Å². The third kappa shape index (κ3) is 5.46. The van der Waals surface area contributed by atoms with Crippen molar-refractivity contribution in [3.63, 3.8) is 0 Å². The van der Waals surface area contributed by atoms with Crippen molar-refractivity contribution in [3.8, 4) is 5.75 Å². The fourth-order valence-electron chi connectivity index (χ4n) is 1.73. The Labute approximate surface area is 129 Å². The molecule has 116 valence electrons. The molecule has 0 aliphatic heterocycles. The minimum absolute atomic E-state index is 0.203. The molecule has 0 radical (unpaired) electrons. The van der Waals surface area contributed by atoms with Crippen LogP contribution < -0.4 is 10.5 Å². The van der Waals surface area contributed by atoms with Crippen molar-refractivity contribution in [2.24, 2.45) is 0 Å². The summed E-state index contributed by atoms with van der Waals surface area (Å²) in [6.07, 6.45) is 0. The van der Waals surface area contributed by atoms with Crippen LogP contribution in [0.4, 0.5) is 5.69 Å². The average molecular weight is 301 g/mol. The standard InChI is InChI=1S/C17H19NO4/c18-15-8-6-14(7-9-15)17(19)22-13-11-20-10-12-21-16-4-2-1-3-5-16/h1-9H,10-13,18H2. The van der Waals surface area contributed by atoms with E-state index in [9.17, 15) is 4.79 Å². The van der Waals surface area contributed by atoms with Gasteiger partial charge < -0.3 is 19.9 Å². The number of nitrogens with two attached hydrogens (primary N) is 1. The van der Waals surface area contributed by atoms with Crippen molar-refractivity contribution in [1.82, 2.24) is 0 Å². The van der Waals surface area contributed by atoms with Crippen molar-refractivity contribution < 1.29 is 19.0 Å². The second kappa shape index (κ2) is 8.69. The van der Waals surface area contributed by atoms with Gasteiger partial charge in [-0.05, 0) is 36.4 Å². The van der Waals surface area contributed by atoms with E-state index in [1.165, 1.54) is 0 Å². The molecule has 0 spiro atoms. The summed E-state index contributed by atoms with van der Waals surface area (Å²) in [5.74, 6) is 0.421. The lowest BCUT2D eigenvalue weighted by Crippen LogP contribution is -2.13. The van der Waals surface area contributed by atoms with Crippen LogP contribution in [0.1, 0.15) is 10.4 Å². The summed E-state index contributed by atoms with van der Waals surface area (Å²) < 4.78 is 15.9. The van der Waals surface area contributed by atoms with Gasteiger partial charge in [-0.2, -0.15) is 0 Å². The summed E-state index contributed by atoms with van der Waals surface area (Å²) in [4.78, 5) is 11.7. The highest BCUT2D eigenvalue weighted by atomic mass is 16.6. The third-order valence-electron chi connectivity index (χ3n) is 2.85. The minimum Gasteiger partial charge on any atom is -0.491 e. The molecule has 0 aliphatic rings. The van der Waals surface area contributed by atoms with Gasteiger partial charge in [0.2, 0.25) is 0 Å². The molecule has 0 saturated heterocycles. The second-order valence-corrected chi connectivity index (χ2v) is 4.53. The summed E-state index contributed by atoms with van der Waals surface area (Å²) >= 11 is 0. The van der Waals surface area contributed by atoms with E-state index in [1.54, 1.807) is 24.3 Å². The lowest BCUT2D eigenvalue weighted by molar-refractivity contribution is 0.0273. The molecule has 0 bridgehead atoms. The van der Waals surface area contributed by atoms with Gasteiger partial charge in [0.15, 0.2) is 0 Å². The number of anilines is 1. The normalized spacial score (nSPS) is 10.2. The van der Waals surface area contributed by atoms with E-state index in [0.717, 1.165) is 5.75 Å². The Morgan fingerprint density at radius 3 is 2.27 bits per heavy atom. The second-order valence-electron chi connectivity index (χ2n) is 4.53. The maximum atomic E-state index is 11.7. The number of benzene rings is 2. The molecular formula is C17H19NO4. The molecule has 0 fully saturated rings. The quantitative estimate of drug-likeness (QED) is 0.461. The minimum atomic E-state index is -0.385. The summed E-state index contributed by atoms with van der Waals surface area (Å²) in [6.45, 7) is 1.43. The van der Waals surface area contributed by atoms with Crippen molar-refractivity contribution in [3.05, 3.63) is 60.2 Å². The van der Waals surface area contributed by atoms with E-state index in [4.69, 9.17) is 19.9 Å². The first-order valence-corrected chi connectivity index (χ1v) is 7.04. The van der Waals surface area contributed by atoms with E-state index in [-0.39, 0.29) is 12.6 Å². The summed E-state index contributed by atoms with van der Waals surface area (Å²) in [6, 6.07) is 16.1. The van der Waals surface area contributed by atoms with Gasteiger partial charge in [0, 0.05) is 5.69 Å². The number of hydrogen-bond acceptors (Lipinski definition) is 5. The van der Waals surface area contributed by atoms with Crippen molar-refractivity contribution in [2.45, 2.75) is 0 Å². The van der Waals surface area contributed by atoms with Crippen LogP contribution in [0.5, 0.6) is 5.75 Å². The molecule has 0 unspecified atom stereocenters. The maximum Gasteiger partial charge on any atom is 0.338 e. The fraction of sp³-hybridized carbons (Fsp3) is 0.235. The highest BCUT2D eigenvalue weighted by molar-refractivity contribution is 5.89. The number of nitrogen functional groups attached to an aromatic ring is 1. The number of ether oxygens (including phenoxy) is 3. The molecule has 0 amide bonds. The molecular weight excluding hydrogens is 282 g/mol. The van der Waals surface area contributed by atoms with Crippen molar-refractivity contribution in [2.75, 3.05) is 32.2 Å². The predicted octanol–water partition coefficient (Wildman–Crippen LogP) is 2.52. The lowest BCUT2D eigenvalue weighted by Gasteiger charge is -2.08. The Bertz CT molecular complexity index is 569. The molecule has 0 aromatic heterocycles. The van der Waals surface area contributed by atoms with Crippen LogP contribution in [-0.2, 0) is 9.47 Å². The van der Waals surface area contributed by atoms with Crippen LogP contribution in [0.2, 0.25) is 0 Å². The maximum absolute atomic E-state index is 11.7. The van der Waals surface area contributed by atoms with Crippen LogP contribution in [0.3, 0.4) is 0 Å². The zero-order chi connectivity index (χ0) is 15.6. The molecule has 2 aromatic rings. The third-order valence-corrected chi connectivity index (χ3v) is 2.85.